The first kappa shape index (κ1) is 138. The van der Waals surface area contributed by atoms with E-state index in [2.05, 4.69) is 74.1 Å². The average molecular weight is 1890 g/mol. The Morgan fingerprint density at radius 2 is 0.809 bits per heavy atom. The fourth-order valence-electron chi connectivity index (χ4n) is 11.9. The molecule has 1 saturated carbocycles. The van der Waals surface area contributed by atoms with Crippen molar-refractivity contribution in [1.82, 2.24) is 75.2 Å². The van der Waals surface area contributed by atoms with Gasteiger partial charge in [-0.1, -0.05) is 74.8 Å². The third-order valence-corrected chi connectivity index (χ3v) is 17.7. The van der Waals surface area contributed by atoms with Gasteiger partial charge in [-0.2, -0.15) is 57.5 Å². The number of hydrogen-bond acceptors (Lipinski definition) is 39. The van der Waals surface area contributed by atoms with Gasteiger partial charge < -0.3 is 65.7 Å². The number of unbranched alkanes of at least 4 members (excludes halogenated alkanes) is 2. The number of carbonyl (C=O) groups is 12. The lowest BCUT2D eigenvalue weighted by Gasteiger charge is -2.44. The molecular formula is C82H147N15O34. The van der Waals surface area contributed by atoms with E-state index in [0.29, 0.717) is 111 Å². The zero-order valence-corrected chi connectivity index (χ0v) is 79.5. The molecule has 49 heteroatoms. The van der Waals surface area contributed by atoms with Crippen molar-refractivity contribution < 1.29 is 166 Å². The molecule has 1 aliphatic carbocycles. The van der Waals surface area contributed by atoms with Crippen LogP contribution in [-0.4, -0.2) is 425 Å². The van der Waals surface area contributed by atoms with Crippen molar-refractivity contribution in [2.75, 3.05) is 180 Å². The Bertz CT molecular complexity index is 3300. The van der Waals surface area contributed by atoms with E-state index >= 15 is 0 Å². The van der Waals surface area contributed by atoms with E-state index in [4.69, 9.17) is 87.5 Å². The summed E-state index contributed by atoms with van der Waals surface area (Å²) in [6.45, 7) is 34.1. The Morgan fingerprint density at radius 1 is 0.420 bits per heavy atom. The number of carboxylic acid groups (broad SMARTS) is 5. The number of carboxylic acids is 5. The summed E-state index contributed by atoms with van der Waals surface area (Å²) in [4.78, 5) is 252. The maximum Gasteiger partial charge on any atom is 0.373 e. The number of nitrogens with one attached hydrogen (secondary N) is 3. The van der Waals surface area contributed by atoms with E-state index in [1.165, 1.54) is 6.42 Å². The summed E-state index contributed by atoms with van der Waals surface area (Å²) in [6.07, 6.45) is 8.81. The highest BCUT2D eigenvalue weighted by molar-refractivity contribution is 5.83. The van der Waals surface area contributed by atoms with Gasteiger partial charge in [-0.05, 0) is 146 Å². The first-order chi connectivity index (χ1) is 61.1. The van der Waals surface area contributed by atoms with Crippen molar-refractivity contribution in [3.8, 4) is 0 Å². The highest BCUT2D eigenvalue weighted by Gasteiger charge is 2.36. The molecule has 4 atom stereocenters. The van der Waals surface area contributed by atoms with E-state index in [9.17, 15) is 78.2 Å². The molecule has 0 aromatic heterocycles. The zero-order valence-electron chi connectivity index (χ0n) is 79.5. The van der Waals surface area contributed by atoms with Gasteiger partial charge in [0.25, 0.3) is 0 Å². The molecule has 11 N–H and O–H groups in total. The zero-order chi connectivity index (χ0) is 103. The van der Waals surface area contributed by atoms with Crippen molar-refractivity contribution in [3.05, 3.63) is 12.3 Å². The summed E-state index contributed by atoms with van der Waals surface area (Å²) in [5, 5.41) is 83.8. The van der Waals surface area contributed by atoms with E-state index in [1.54, 1.807) is 18.7 Å². The van der Waals surface area contributed by atoms with Crippen molar-refractivity contribution >= 4 is 108 Å². The highest BCUT2D eigenvalue weighted by Crippen LogP contribution is 2.28. The third kappa shape index (κ3) is 93.5. The predicted octanol–water partition coefficient (Wildman–Crippen LogP) is -0.241. The smallest absolute Gasteiger partial charge is 0.373 e. The molecule has 0 radical (unpaired) electrons. The number of hydroxylamine groups is 6. The van der Waals surface area contributed by atoms with E-state index in [0.717, 1.165) is 58.4 Å². The number of amides is 5. The largest absolute Gasteiger partial charge is 0.480 e. The maximum atomic E-state index is 12.0. The Morgan fingerprint density at radius 3 is 1.21 bits per heavy atom. The number of nitrogens with zero attached hydrogens (tertiary/aromatic N) is 12. The quantitative estimate of drug-likeness (QED) is 0.0123. The highest BCUT2D eigenvalue weighted by atomic mass is 16.6. The molecule has 0 spiro atoms. The number of ether oxygens (including phenoxy) is 2. The Kier molecular flexibility index (Phi) is 94.3. The molecule has 0 aliphatic heterocycles. The van der Waals surface area contributed by atoms with Crippen LogP contribution in [-0.2, 0) is 125 Å². The molecule has 0 bridgehead atoms. The number of likely N-dealkylation sites (N-methyl/N-ethyl adjacent to an activating group) is 6. The lowest BCUT2D eigenvalue weighted by molar-refractivity contribution is -0.193. The Balaban J connectivity index is -0.000000205. The second-order valence-electron chi connectivity index (χ2n) is 31.3. The molecule has 1 fully saturated rings. The normalized spacial score (nSPS) is 12.5. The van der Waals surface area contributed by atoms with Gasteiger partial charge in [-0.3, -0.25) is 103 Å². The van der Waals surface area contributed by atoms with Crippen molar-refractivity contribution in [2.24, 2.45) is 17.8 Å². The number of esters is 2. The SMILES string of the molecule is C=C(CCC(=O)N(O)CCCCCNC(=O)C(C)C)NCN(O)C(=O)CCC(=O)NCN(O)C(C)=O.CC(C)OC(=O)CN(C)CCN(C)CCN(CC(=O)O)CC(=O)OC(C)C.CCN(CC(=O)O)C(CC(C)C)CN(CC(=O)O)C1CCCCC1N(C)C.CCN(CC(=O)O)C(CC(C)C)CN(CCN(C)C)CC(=O)O.O=C=O.O=C=O.O=C=O.O=C=O.O=C=O.O=C=O. The Labute approximate surface area is 766 Å². The average Bonchev–Trinajstić information content (AvgIpc) is 0.823. The number of aliphatic carboxylic acids is 5. The molecule has 0 aromatic rings. The Hall–Kier alpha value is -11.0. The van der Waals surface area contributed by atoms with Crippen molar-refractivity contribution in [2.45, 2.75) is 210 Å². The van der Waals surface area contributed by atoms with Crippen LogP contribution in [0.3, 0.4) is 0 Å². The fourth-order valence-corrected chi connectivity index (χ4v) is 11.9. The second kappa shape index (κ2) is 89.6. The lowest BCUT2D eigenvalue weighted by atomic mass is 9.87. The molecule has 1 aliphatic rings. The van der Waals surface area contributed by atoms with E-state index < -0.39 is 66.1 Å². The molecule has 4 unspecified atom stereocenters. The van der Waals surface area contributed by atoms with Gasteiger partial charge in [0.2, 0.25) is 29.5 Å². The van der Waals surface area contributed by atoms with Gasteiger partial charge in [0, 0.05) is 127 Å². The minimum atomic E-state index is -0.988. The van der Waals surface area contributed by atoms with Crippen LogP contribution in [0.15, 0.2) is 12.3 Å². The van der Waals surface area contributed by atoms with Crippen LogP contribution in [0.2, 0.25) is 0 Å². The van der Waals surface area contributed by atoms with Crippen LogP contribution < -0.4 is 16.0 Å². The number of allylic oxidation sites excluding steroid dienone is 1. The van der Waals surface area contributed by atoms with Crippen LogP contribution in [0.4, 0.5) is 0 Å². The van der Waals surface area contributed by atoms with Gasteiger partial charge in [0.15, 0.2) is 0 Å². The monoisotopic (exact) mass is 1890 g/mol. The fraction of sp³-hybridized carbons (Fsp3) is 0.756. The second-order valence-corrected chi connectivity index (χ2v) is 31.3. The first-order valence-corrected chi connectivity index (χ1v) is 41.8. The third-order valence-electron chi connectivity index (χ3n) is 17.7. The van der Waals surface area contributed by atoms with Crippen molar-refractivity contribution in [3.63, 3.8) is 0 Å². The van der Waals surface area contributed by atoms with Gasteiger partial charge in [0.05, 0.1) is 58.0 Å². The first-order valence-electron chi connectivity index (χ1n) is 41.8. The maximum absolute atomic E-state index is 12.0. The molecule has 5 amide bonds. The summed E-state index contributed by atoms with van der Waals surface area (Å²) < 4.78 is 10.2. The van der Waals surface area contributed by atoms with E-state index in [-0.39, 0.29) is 170 Å². The van der Waals surface area contributed by atoms with E-state index in [1.807, 2.05) is 99.1 Å². The van der Waals surface area contributed by atoms with Gasteiger partial charge >= 0.3 is 78.7 Å². The lowest BCUT2D eigenvalue weighted by Crippen LogP contribution is -2.56. The number of hydrogen-bond donors (Lipinski definition) is 11. The van der Waals surface area contributed by atoms with Crippen LogP contribution in [0.5, 0.6) is 0 Å². The summed E-state index contributed by atoms with van der Waals surface area (Å²) in [5.74, 6) is -6.78. The van der Waals surface area contributed by atoms with Crippen LogP contribution in [0.1, 0.15) is 173 Å². The topological polar surface area (TPSA) is 665 Å². The van der Waals surface area contributed by atoms with Gasteiger partial charge in [-0.15, -0.1) is 0 Å². The van der Waals surface area contributed by atoms with Gasteiger partial charge in [0.1, 0.15) is 13.3 Å². The molecule has 49 nitrogen and oxygen atoms in total. The van der Waals surface area contributed by atoms with Crippen LogP contribution >= 0.6 is 0 Å². The molecule has 0 heterocycles. The molecule has 0 saturated heterocycles. The molecule has 131 heavy (non-hydrogen) atoms. The molecule has 1 rings (SSSR count). The molecule has 754 valence electrons. The standard InChI is InChI=1S/C22H40N6O8.C20H39N3O4.C18H35N3O6.C16H33N3O4.6CO2/c1-16(2)22(33)23-12-6-5-7-13-26(34)20(31)10-8-17(3)24-14-28(36)21(32)11-9-19(30)25-15-27(35)18(4)29;1-6-22(13-19(24)25)16(11-15(2)3)12-23(14-20(26)27)18-10-8-7-9-17(18)21(4)5;1-14(2)26-17(24)12-20(6)8-7-19(5)9-10-21(11-16(22)23)13-18(25)27-15(3)4;1-6-19(12-16(22)23)14(9-13(2)3)10-18(11-15(20)21)8-7-17(4)5;6*2-1-3/h16,24,34-36H,3,5-15H2,1-2,4H3,(H,23,33)(H,25,30);15-18H,6-14H2,1-5H3,(H,24,25)(H,26,27);14-15H,7-13H2,1-6H3,(H,22,23);13-14H,6-12H2,1-5H3,(H,20,21)(H,22,23);;;;;;. The molecular weight excluding hydrogens is 1740 g/mol. The van der Waals surface area contributed by atoms with Crippen molar-refractivity contribution in [1.29, 1.82) is 0 Å². The predicted molar refractivity (Wildman–Crippen MR) is 456 cm³/mol. The van der Waals surface area contributed by atoms with Gasteiger partial charge in [-0.25, -0.2) is 15.2 Å². The minimum absolute atomic E-state index is 0.00340. The number of rotatable bonds is 57. The summed E-state index contributed by atoms with van der Waals surface area (Å²) in [7, 11) is 11.8. The summed E-state index contributed by atoms with van der Waals surface area (Å²) >= 11 is 0. The van der Waals surface area contributed by atoms with Crippen LogP contribution in [0.25, 0.3) is 0 Å². The number of carbonyl (C=O) groups excluding carboxylic acids is 19. The minimum Gasteiger partial charge on any atom is -0.480 e. The summed E-state index contributed by atoms with van der Waals surface area (Å²) in [5.41, 5.74) is 0.356. The molecule has 0 aromatic carbocycles. The summed E-state index contributed by atoms with van der Waals surface area (Å²) in [6, 6.07) is 0.614. The van der Waals surface area contributed by atoms with Crippen LogP contribution in [0, 0.1) is 17.8 Å².